The summed E-state index contributed by atoms with van der Waals surface area (Å²) in [5.74, 6) is -3.31. The van der Waals surface area contributed by atoms with Crippen LogP contribution in [0.2, 0.25) is 0 Å². The maximum atomic E-state index is 11.3. The van der Waals surface area contributed by atoms with Gasteiger partial charge in [0.05, 0.1) is 6.10 Å². The standard InChI is InChI=1S/C25H37NO8S/c1-19(27)26-20(25(33)34)18-35-22(21(28)14-13-17-24(31)32)15-11-9-7-5-3-2-4-6-8-10-12-16-23(29)30/h3-7,9,11,15,20-22,28H,2,8,10,12-14,16-18H2,1H3,(H,26,27)(H,29,30)(H,31,32)(H,33,34)/b5-3-,6-4-,9-7+,15-11+/t20-,21-,22+/m0/s1. The number of allylic oxidation sites excluding steroid dienone is 7. The second-order valence-corrected chi connectivity index (χ2v) is 9.00. The zero-order chi connectivity index (χ0) is 26.5. The second-order valence-electron chi connectivity index (χ2n) is 7.79. The van der Waals surface area contributed by atoms with E-state index < -0.39 is 41.2 Å². The van der Waals surface area contributed by atoms with Gasteiger partial charge < -0.3 is 25.7 Å². The molecule has 0 bridgehead atoms. The lowest BCUT2D eigenvalue weighted by molar-refractivity contribution is -0.141. The molecule has 5 N–H and O–H groups in total. The van der Waals surface area contributed by atoms with Crippen LogP contribution in [0.4, 0.5) is 0 Å². The first-order valence-electron chi connectivity index (χ1n) is 11.5. The number of aliphatic hydroxyl groups is 1. The highest BCUT2D eigenvalue weighted by molar-refractivity contribution is 8.00. The fraction of sp³-hybridized carbons (Fsp3) is 0.520. The lowest BCUT2D eigenvalue weighted by Gasteiger charge is -2.21. The van der Waals surface area contributed by atoms with E-state index in [1.54, 1.807) is 18.2 Å². The Morgan fingerprint density at radius 1 is 0.857 bits per heavy atom. The summed E-state index contributed by atoms with van der Waals surface area (Å²) in [5, 5.41) is 39.0. The van der Waals surface area contributed by atoms with E-state index in [0.29, 0.717) is 12.8 Å². The van der Waals surface area contributed by atoms with Crippen molar-refractivity contribution in [2.75, 3.05) is 5.75 Å². The molecule has 9 nitrogen and oxygen atoms in total. The number of carbonyl (C=O) groups excluding carboxylic acids is 1. The fourth-order valence-electron chi connectivity index (χ4n) is 2.84. The zero-order valence-corrected chi connectivity index (χ0v) is 20.9. The number of carbonyl (C=O) groups is 4. The van der Waals surface area contributed by atoms with Crippen molar-refractivity contribution >= 4 is 35.6 Å². The molecule has 0 saturated heterocycles. The molecule has 0 rings (SSSR count). The normalized spacial score (nSPS) is 14.6. The summed E-state index contributed by atoms with van der Waals surface area (Å²) in [4.78, 5) is 43.7. The van der Waals surface area contributed by atoms with Gasteiger partial charge in [-0.25, -0.2) is 4.79 Å². The zero-order valence-electron chi connectivity index (χ0n) is 20.0. The lowest BCUT2D eigenvalue weighted by Crippen LogP contribution is -2.42. The molecule has 196 valence electrons. The monoisotopic (exact) mass is 511 g/mol. The van der Waals surface area contributed by atoms with Crippen LogP contribution >= 0.6 is 11.8 Å². The molecule has 1 amide bonds. The van der Waals surface area contributed by atoms with E-state index in [2.05, 4.69) is 5.32 Å². The highest BCUT2D eigenvalue weighted by atomic mass is 32.2. The fourth-order valence-corrected chi connectivity index (χ4v) is 4.04. The van der Waals surface area contributed by atoms with E-state index in [9.17, 15) is 29.4 Å². The molecular weight excluding hydrogens is 474 g/mol. The van der Waals surface area contributed by atoms with Crippen molar-refractivity contribution < 1.29 is 39.6 Å². The maximum Gasteiger partial charge on any atom is 0.327 e. The van der Waals surface area contributed by atoms with E-state index >= 15 is 0 Å². The maximum absolute atomic E-state index is 11.3. The largest absolute Gasteiger partial charge is 0.481 e. The van der Waals surface area contributed by atoms with E-state index in [0.717, 1.165) is 19.3 Å². The van der Waals surface area contributed by atoms with Crippen molar-refractivity contribution in [2.24, 2.45) is 0 Å². The number of carboxylic acid groups (broad SMARTS) is 3. The van der Waals surface area contributed by atoms with Gasteiger partial charge in [-0.2, -0.15) is 0 Å². The first kappa shape index (κ1) is 32.1. The van der Waals surface area contributed by atoms with Gasteiger partial charge in [-0.05, 0) is 38.5 Å². The van der Waals surface area contributed by atoms with Gasteiger partial charge in [0.2, 0.25) is 5.91 Å². The molecule has 0 unspecified atom stereocenters. The number of aliphatic carboxylic acids is 3. The molecule has 0 radical (unpaired) electrons. The topological polar surface area (TPSA) is 161 Å². The number of hydrogen-bond donors (Lipinski definition) is 5. The van der Waals surface area contributed by atoms with Gasteiger partial charge in [0, 0.05) is 30.8 Å². The molecule has 10 heteroatoms. The minimum atomic E-state index is -1.17. The van der Waals surface area contributed by atoms with Crippen molar-refractivity contribution in [1.82, 2.24) is 5.32 Å². The summed E-state index contributed by atoms with van der Waals surface area (Å²) in [5.41, 5.74) is 0. The van der Waals surface area contributed by atoms with Crippen molar-refractivity contribution in [3.05, 3.63) is 48.6 Å². The van der Waals surface area contributed by atoms with Crippen LogP contribution in [0, 0.1) is 0 Å². The predicted molar refractivity (Wildman–Crippen MR) is 136 cm³/mol. The third-order valence-corrected chi connectivity index (χ3v) is 6.00. The first-order valence-corrected chi connectivity index (χ1v) is 12.6. The molecule has 0 fully saturated rings. The highest BCUT2D eigenvalue weighted by Gasteiger charge is 2.23. The van der Waals surface area contributed by atoms with Gasteiger partial charge in [0.15, 0.2) is 0 Å². The average molecular weight is 512 g/mol. The highest BCUT2D eigenvalue weighted by Crippen LogP contribution is 2.21. The van der Waals surface area contributed by atoms with Crippen molar-refractivity contribution in [3.63, 3.8) is 0 Å². The summed E-state index contributed by atoms with van der Waals surface area (Å²) in [6.45, 7) is 1.23. The van der Waals surface area contributed by atoms with Crippen molar-refractivity contribution in [1.29, 1.82) is 0 Å². The van der Waals surface area contributed by atoms with E-state index in [-0.39, 0.29) is 25.0 Å². The van der Waals surface area contributed by atoms with Gasteiger partial charge in [-0.1, -0.05) is 48.6 Å². The summed E-state index contributed by atoms with van der Waals surface area (Å²) < 4.78 is 0. The number of unbranched alkanes of at least 4 members (excludes halogenated alkanes) is 2. The van der Waals surface area contributed by atoms with Crippen LogP contribution in [0.5, 0.6) is 0 Å². The smallest absolute Gasteiger partial charge is 0.327 e. The third kappa shape index (κ3) is 20.3. The quantitative estimate of drug-likeness (QED) is 0.0935. The molecule has 0 aliphatic rings. The van der Waals surface area contributed by atoms with Crippen LogP contribution in [-0.4, -0.2) is 67.4 Å². The Morgan fingerprint density at radius 2 is 1.51 bits per heavy atom. The number of amides is 1. The number of hydrogen-bond acceptors (Lipinski definition) is 6. The summed E-state index contributed by atoms with van der Waals surface area (Å²) in [7, 11) is 0. The number of aliphatic hydroxyl groups excluding tert-OH is 1. The van der Waals surface area contributed by atoms with Crippen LogP contribution < -0.4 is 5.32 Å². The number of thioether (sulfide) groups is 1. The molecule has 35 heavy (non-hydrogen) atoms. The van der Waals surface area contributed by atoms with Crippen LogP contribution in [-0.2, 0) is 19.2 Å². The predicted octanol–water partition coefficient (Wildman–Crippen LogP) is 3.55. The van der Waals surface area contributed by atoms with Crippen LogP contribution in [0.1, 0.15) is 58.3 Å². The summed E-state index contributed by atoms with van der Waals surface area (Å²) in [6.07, 6.45) is 17.8. The molecule has 0 saturated carbocycles. The molecule has 0 spiro atoms. The van der Waals surface area contributed by atoms with Gasteiger partial charge in [0.25, 0.3) is 0 Å². The molecule has 0 aromatic heterocycles. The van der Waals surface area contributed by atoms with Crippen LogP contribution in [0.25, 0.3) is 0 Å². The van der Waals surface area contributed by atoms with Gasteiger partial charge >= 0.3 is 17.9 Å². The minimum Gasteiger partial charge on any atom is -0.481 e. The SMILES string of the molecule is CC(=O)N[C@@H](CS[C@H](/C=C/C=C/C=C\C/C=C\CCCCC(=O)O)[C@@H](O)CCCC(=O)O)C(=O)O. The van der Waals surface area contributed by atoms with E-state index in [4.69, 9.17) is 10.2 Å². The van der Waals surface area contributed by atoms with Crippen LogP contribution in [0.15, 0.2) is 48.6 Å². The third-order valence-electron chi connectivity index (χ3n) is 4.62. The Morgan fingerprint density at radius 3 is 2.14 bits per heavy atom. The van der Waals surface area contributed by atoms with E-state index in [1.165, 1.54) is 18.7 Å². The Kier molecular flexibility index (Phi) is 18.8. The molecule has 0 aliphatic carbocycles. The first-order chi connectivity index (χ1) is 16.6. The Balaban J connectivity index is 4.71. The Hall–Kier alpha value is -2.85. The molecular formula is C25H37NO8S. The van der Waals surface area contributed by atoms with E-state index in [1.807, 2.05) is 30.4 Å². The molecule has 0 heterocycles. The number of rotatable bonds is 20. The van der Waals surface area contributed by atoms with Gasteiger partial charge in [0.1, 0.15) is 6.04 Å². The van der Waals surface area contributed by atoms with Crippen molar-refractivity contribution in [2.45, 2.75) is 75.7 Å². The van der Waals surface area contributed by atoms with Crippen LogP contribution in [0.3, 0.4) is 0 Å². The molecule has 0 aromatic rings. The lowest BCUT2D eigenvalue weighted by atomic mass is 10.1. The molecule has 0 aliphatic heterocycles. The molecule has 0 aromatic carbocycles. The Bertz CT molecular complexity index is 775. The molecule has 3 atom stereocenters. The Labute approximate surface area is 210 Å². The second kappa shape index (κ2) is 20.5. The average Bonchev–Trinajstić information content (AvgIpc) is 2.76. The van der Waals surface area contributed by atoms with Crippen molar-refractivity contribution in [3.8, 4) is 0 Å². The summed E-state index contributed by atoms with van der Waals surface area (Å²) >= 11 is 1.18. The van der Waals surface area contributed by atoms with Gasteiger partial charge in [-0.15, -0.1) is 11.8 Å². The minimum absolute atomic E-state index is 0.0478. The number of nitrogens with one attached hydrogen (secondary N) is 1. The van der Waals surface area contributed by atoms with Gasteiger partial charge in [-0.3, -0.25) is 14.4 Å². The summed E-state index contributed by atoms with van der Waals surface area (Å²) in [6, 6.07) is -1.09. The number of carboxylic acids is 3.